The maximum atomic E-state index is 12.4. The first-order chi connectivity index (χ1) is 12.4. The highest BCUT2D eigenvalue weighted by atomic mass is 32.1. The molecule has 0 aliphatic heterocycles. The van der Waals surface area contributed by atoms with Crippen LogP contribution in [-0.4, -0.2) is 21.6 Å². The van der Waals surface area contributed by atoms with Crippen molar-refractivity contribution in [2.75, 3.05) is 6.61 Å². The van der Waals surface area contributed by atoms with Gasteiger partial charge in [0.25, 0.3) is 11.5 Å². The van der Waals surface area contributed by atoms with Crippen LogP contribution in [0, 0.1) is 0 Å². The number of amides is 1. The van der Waals surface area contributed by atoms with Crippen LogP contribution in [0.15, 0.2) is 39.9 Å². The molecule has 0 spiro atoms. The highest BCUT2D eigenvalue weighted by molar-refractivity contribution is 7.20. The summed E-state index contributed by atoms with van der Waals surface area (Å²) in [5.41, 5.74) is 0.127. The Morgan fingerprint density at radius 1 is 1.15 bits per heavy atom. The van der Waals surface area contributed by atoms with Gasteiger partial charge in [-0.25, -0.2) is 4.79 Å². The summed E-state index contributed by atoms with van der Waals surface area (Å²) in [6, 6.07) is 9.01. The lowest BCUT2D eigenvalue weighted by Gasteiger charge is -2.06. The van der Waals surface area contributed by atoms with Gasteiger partial charge in [-0.3, -0.25) is 18.7 Å². The van der Waals surface area contributed by atoms with Crippen molar-refractivity contribution < 1.29 is 9.53 Å². The number of fused-ring (bicyclic) bond motifs is 1. The van der Waals surface area contributed by atoms with Gasteiger partial charge in [0.05, 0.1) is 16.9 Å². The Kier molecular flexibility index (Phi) is 4.94. The van der Waals surface area contributed by atoms with Crippen molar-refractivity contribution in [1.29, 1.82) is 0 Å². The SMILES string of the molecule is CCOc1ccc(CNC(=O)c2cc3c(=O)n(C)c(=O)n(C)c3s2)cc1. The van der Waals surface area contributed by atoms with Gasteiger partial charge in [0.15, 0.2) is 0 Å². The second-order valence-corrected chi connectivity index (χ2v) is 6.83. The standard InChI is InChI=1S/C18H19N3O4S/c1-4-25-12-7-5-11(6-8-12)10-19-15(22)14-9-13-16(23)20(2)18(24)21(3)17(13)26-14/h5-9H,4,10H2,1-3H3,(H,19,22). The zero-order valence-electron chi connectivity index (χ0n) is 14.7. The maximum Gasteiger partial charge on any atom is 0.331 e. The molecule has 3 rings (SSSR count). The van der Waals surface area contributed by atoms with E-state index in [0.29, 0.717) is 28.2 Å². The fraction of sp³-hybridized carbons (Fsp3) is 0.278. The Balaban J connectivity index is 1.80. The molecule has 2 heterocycles. The van der Waals surface area contributed by atoms with Crippen LogP contribution in [0.4, 0.5) is 0 Å². The van der Waals surface area contributed by atoms with Gasteiger partial charge in [-0.15, -0.1) is 11.3 Å². The first kappa shape index (κ1) is 17.9. The number of hydrogen-bond donors (Lipinski definition) is 1. The molecule has 26 heavy (non-hydrogen) atoms. The minimum Gasteiger partial charge on any atom is -0.494 e. The molecule has 1 amide bonds. The monoisotopic (exact) mass is 373 g/mol. The van der Waals surface area contributed by atoms with Gasteiger partial charge >= 0.3 is 5.69 Å². The summed E-state index contributed by atoms with van der Waals surface area (Å²) in [5.74, 6) is 0.499. The van der Waals surface area contributed by atoms with Crippen LogP contribution in [0.1, 0.15) is 22.2 Å². The van der Waals surface area contributed by atoms with E-state index in [1.54, 1.807) is 7.05 Å². The molecule has 8 heteroatoms. The van der Waals surface area contributed by atoms with Crippen LogP contribution in [0.2, 0.25) is 0 Å². The lowest BCUT2D eigenvalue weighted by atomic mass is 10.2. The number of nitrogens with one attached hydrogen (secondary N) is 1. The van der Waals surface area contributed by atoms with Crippen molar-refractivity contribution in [3.63, 3.8) is 0 Å². The molecule has 7 nitrogen and oxygen atoms in total. The van der Waals surface area contributed by atoms with Crippen molar-refractivity contribution in [2.24, 2.45) is 14.1 Å². The fourth-order valence-corrected chi connectivity index (χ4v) is 3.64. The number of ether oxygens (including phenoxy) is 1. The quantitative estimate of drug-likeness (QED) is 0.737. The highest BCUT2D eigenvalue weighted by Gasteiger charge is 2.16. The van der Waals surface area contributed by atoms with Crippen molar-refractivity contribution in [3.05, 3.63) is 61.6 Å². The normalized spacial score (nSPS) is 10.9. The molecule has 0 bridgehead atoms. The summed E-state index contributed by atoms with van der Waals surface area (Å²) in [7, 11) is 3.01. The predicted octanol–water partition coefficient (Wildman–Crippen LogP) is 1.63. The minimum absolute atomic E-state index is 0.283. The molecule has 136 valence electrons. The molecule has 0 saturated carbocycles. The molecule has 0 saturated heterocycles. The van der Waals surface area contributed by atoms with Crippen molar-refractivity contribution in [1.82, 2.24) is 14.5 Å². The van der Waals surface area contributed by atoms with Gasteiger partial charge in [0.1, 0.15) is 10.6 Å². The summed E-state index contributed by atoms with van der Waals surface area (Å²) in [5, 5.41) is 3.20. The molecular weight excluding hydrogens is 354 g/mol. The maximum absolute atomic E-state index is 12.4. The number of carbonyl (C=O) groups is 1. The first-order valence-electron chi connectivity index (χ1n) is 8.12. The lowest BCUT2D eigenvalue weighted by molar-refractivity contribution is 0.0955. The zero-order valence-corrected chi connectivity index (χ0v) is 15.6. The summed E-state index contributed by atoms with van der Waals surface area (Å²) in [6.45, 7) is 2.88. The third-order valence-corrected chi connectivity index (χ3v) is 5.25. The van der Waals surface area contributed by atoms with Gasteiger partial charge in [0.2, 0.25) is 0 Å². The average molecular weight is 373 g/mol. The van der Waals surface area contributed by atoms with E-state index in [0.717, 1.165) is 27.2 Å². The van der Waals surface area contributed by atoms with Crippen molar-refractivity contribution in [2.45, 2.75) is 13.5 Å². The van der Waals surface area contributed by atoms with Crippen LogP contribution < -0.4 is 21.3 Å². The number of aryl methyl sites for hydroxylation is 1. The fourth-order valence-electron chi connectivity index (χ4n) is 2.61. The molecule has 0 fully saturated rings. The van der Waals surface area contributed by atoms with Crippen molar-refractivity contribution >= 4 is 27.5 Å². The van der Waals surface area contributed by atoms with Crippen LogP contribution in [0.3, 0.4) is 0 Å². The zero-order chi connectivity index (χ0) is 18.8. The highest BCUT2D eigenvalue weighted by Crippen LogP contribution is 2.21. The van der Waals surface area contributed by atoms with E-state index in [1.807, 2.05) is 31.2 Å². The molecule has 0 aliphatic rings. The molecule has 0 unspecified atom stereocenters. The van der Waals surface area contributed by atoms with Gasteiger partial charge < -0.3 is 10.1 Å². The van der Waals surface area contributed by atoms with E-state index >= 15 is 0 Å². The average Bonchev–Trinajstić information content (AvgIpc) is 3.10. The number of rotatable bonds is 5. The Morgan fingerprint density at radius 2 is 1.85 bits per heavy atom. The Morgan fingerprint density at radius 3 is 2.50 bits per heavy atom. The topological polar surface area (TPSA) is 82.3 Å². The van der Waals surface area contributed by atoms with E-state index in [-0.39, 0.29) is 5.91 Å². The smallest absolute Gasteiger partial charge is 0.331 e. The first-order valence-corrected chi connectivity index (χ1v) is 8.93. The molecule has 2 aromatic heterocycles. The lowest BCUT2D eigenvalue weighted by Crippen LogP contribution is -2.36. The van der Waals surface area contributed by atoms with E-state index in [2.05, 4.69) is 5.32 Å². The number of carbonyl (C=O) groups excluding carboxylic acids is 1. The minimum atomic E-state index is -0.411. The van der Waals surface area contributed by atoms with E-state index < -0.39 is 11.2 Å². The molecule has 0 aliphatic carbocycles. The van der Waals surface area contributed by atoms with E-state index in [9.17, 15) is 14.4 Å². The number of nitrogens with zero attached hydrogens (tertiary/aromatic N) is 2. The second-order valence-electron chi connectivity index (χ2n) is 5.79. The third kappa shape index (κ3) is 3.28. The van der Waals surface area contributed by atoms with Gasteiger partial charge in [0, 0.05) is 20.6 Å². The van der Waals surface area contributed by atoms with Gasteiger partial charge in [-0.1, -0.05) is 12.1 Å². The summed E-state index contributed by atoms with van der Waals surface area (Å²) in [4.78, 5) is 37.5. The van der Waals surface area contributed by atoms with E-state index in [4.69, 9.17) is 4.74 Å². The number of thiophene rings is 1. The van der Waals surface area contributed by atoms with Crippen LogP contribution >= 0.6 is 11.3 Å². The summed E-state index contributed by atoms with van der Waals surface area (Å²) >= 11 is 1.13. The Bertz CT molecular complexity index is 1080. The molecule has 3 aromatic rings. The molecule has 0 atom stereocenters. The van der Waals surface area contributed by atoms with Crippen LogP contribution in [-0.2, 0) is 20.6 Å². The predicted molar refractivity (Wildman–Crippen MR) is 101 cm³/mol. The number of aromatic nitrogens is 2. The molecule has 0 radical (unpaired) electrons. The number of hydrogen-bond acceptors (Lipinski definition) is 5. The third-order valence-electron chi connectivity index (χ3n) is 4.04. The molecule has 1 N–H and O–H groups in total. The Hall–Kier alpha value is -2.87. The van der Waals surface area contributed by atoms with Crippen LogP contribution in [0.25, 0.3) is 10.2 Å². The van der Waals surface area contributed by atoms with Crippen LogP contribution in [0.5, 0.6) is 5.75 Å². The molecular formula is C18H19N3O4S. The second kappa shape index (κ2) is 7.17. The van der Waals surface area contributed by atoms with Gasteiger partial charge in [-0.05, 0) is 30.7 Å². The summed E-state index contributed by atoms with van der Waals surface area (Å²) in [6.07, 6.45) is 0. The number of benzene rings is 1. The summed E-state index contributed by atoms with van der Waals surface area (Å²) < 4.78 is 7.80. The molecule has 1 aromatic carbocycles. The van der Waals surface area contributed by atoms with Gasteiger partial charge in [-0.2, -0.15) is 0 Å². The van der Waals surface area contributed by atoms with Crippen molar-refractivity contribution in [3.8, 4) is 5.75 Å². The largest absolute Gasteiger partial charge is 0.494 e. The Labute approximate surface area is 153 Å². The van der Waals surface area contributed by atoms with E-state index in [1.165, 1.54) is 17.7 Å².